The second-order valence-corrected chi connectivity index (χ2v) is 6.28. The van der Waals surface area contributed by atoms with E-state index in [1.807, 2.05) is 20.0 Å². The molecule has 8 heteroatoms. The molecule has 1 unspecified atom stereocenters. The highest BCUT2D eigenvalue weighted by molar-refractivity contribution is 5.51. The van der Waals surface area contributed by atoms with Crippen molar-refractivity contribution in [2.45, 2.75) is 32.4 Å². The molecule has 0 aromatic carbocycles. The molecule has 0 bridgehead atoms. The van der Waals surface area contributed by atoms with Gasteiger partial charge in [-0.2, -0.15) is 10.1 Å². The highest BCUT2D eigenvalue weighted by Crippen LogP contribution is 2.39. The summed E-state index contributed by atoms with van der Waals surface area (Å²) in [5.41, 5.74) is 2.97. The van der Waals surface area contributed by atoms with Crippen LogP contribution in [0.2, 0.25) is 0 Å². The molecule has 1 atom stereocenters. The molecule has 0 amide bonds. The molecule has 0 N–H and O–H groups in total. The first-order chi connectivity index (χ1) is 12.2. The largest absolute Gasteiger partial charge is 0.481 e. The number of aromatic nitrogens is 4. The third kappa shape index (κ3) is 2.82. The monoisotopic (exact) mass is 343 g/mol. The highest BCUT2D eigenvalue weighted by Gasteiger charge is 2.33. The summed E-state index contributed by atoms with van der Waals surface area (Å²) in [6.07, 6.45) is 5.38. The van der Waals surface area contributed by atoms with Crippen molar-refractivity contribution in [1.82, 2.24) is 24.8 Å². The maximum absolute atomic E-state index is 5.57. The quantitative estimate of drug-likeness (QED) is 0.704. The summed E-state index contributed by atoms with van der Waals surface area (Å²) in [5, 5.41) is 8.55. The Bertz CT molecular complexity index is 852. The van der Waals surface area contributed by atoms with Crippen molar-refractivity contribution in [3.8, 4) is 17.3 Å². The molecule has 4 rings (SSSR count). The summed E-state index contributed by atoms with van der Waals surface area (Å²) >= 11 is 0. The standard InChI is InChI=1S/C17H21N5O3/c1-11-15(17(23-3)21(2)19-11)13-5-4-7-22(13)9-14-18-16(20-25-14)12-6-8-24-10-12/h6,8,10,13H,4-5,7,9H2,1-3H3. The molecule has 1 aliphatic heterocycles. The topological polar surface area (TPSA) is 82.3 Å². The number of furan rings is 1. The number of nitrogens with zero attached hydrogens (tertiary/aromatic N) is 5. The van der Waals surface area contributed by atoms with E-state index in [9.17, 15) is 0 Å². The molecule has 1 saturated heterocycles. The zero-order valence-corrected chi connectivity index (χ0v) is 14.6. The summed E-state index contributed by atoms with van der Waals surface area (Å²) in [7, 11) is 3.60. The maximum Gasteiger partial charge on any atom is 0.241 e. The SMILES string of the molecule is COc1c(C2CCCN2Cc2nc(-c3ccoc3)no2)c(C)nn1C. The summed E-state index contributed by atoms with van der Waals surface area (Å²) in [5.74, 6) is 1.97. The Morgan fingerprint density at radius 2 is 2.28 bits per heavy atom. The van der Waals surface area contributed by atoms with Gasteiger partial charge < -0.3 is 13.7 Å². The van der Waals surface area contributed by atoms with Crippen molar-refractivity contribution in [3.63, 3.8) is 0 Å². The summed E-state index contributed by atoms with van der Waals surface area (Å²) in [4.78, 5) is 6.83. The van der Waals surface area contributed by atoms with E-state index in [0.717, 1.165) is 42.1 Å². The van der Waals surface area contributed by atoms with E-state index in [4.69, 9.17) is 13.7 Å². The Kier molecular flexibility index (Phi) is 4.04. The van der Waals surface area contributed by atoms with Gasteiger partial charge in [-0.15, -0.1) is 0 Å². The lowest BCUT2D eigenvalue weighted by Crippen LogP contribution is -2.23. The predicted molar refractivity (Wildman–Crippen MR) is 88.9 cm³/mol. The van der Waals surface area contributed by atoms with Gasteiger partial charge in [-0.3, -0.25) is 4.90 Å². The minimum Gasteiger partial charge on any atom is -0.481 e. The van der Waals surface area contributed by atoms with E-state index in [0.29, 0.717) is 18.3 Å². The molecule has 0 radical (unpaired) electrons. The van der Waals surface area contributed by atoms with Crippen molar-refractivity contribution in [3.05, 3.63) is 35.7 Å². The van der Waals surface area contributed by atoms with E-state index in [1.165, 1.54) is 0 Å². The van der Waals surface area contributed by atoms with Crippen LogP contribution in [0, 0.1) is 6.92 Å². The molecule has 132 valence electrons. The van der Waals surface area contributed by atoms with Crippen LogP contribution in [0.1, 0.15) is 36.0 Å². The van der Waals surface area contributed by atoms with E-state index in [1.54, 1.807) is 24.3 Å². The molecule has 8 nitrogen and oxygen atoms in total. The number of likely N-dealkylation sites (tertiary alicyclic amines) is 1. The van der Waals surface area contributed by atoms with Crippen molar-refractivity contribution in [1.29, 1.82) is 0 Å². The molecular weight excluding hydrogens is 322 g/mol. The third-order valence-corrected chi connectivity index (χ3v) is 4.69. The molecule has 3 aromatic heterocycles. The van der Waals surface area contributed by atoms with Gasteiger partial charge in [0.15, 0.2) is 0 Å². The lowest BCUT2D eigenvalue weighted by molar-refractivity contribution is 0.208. The number of aryl methyl sites for hydroxylation is 2. The molecule has 0 saturated carbocycles. The fourth-order valence-electron chi connectivity index (χ4n) is 3.62. The van der Waals surface area contributed by atoms with E-state index in [-0.39, 0.29) is 6.04 Å². The van der Waals surface area contributed by atoms with Crippen LogP contribution in [-0.4, -0.2) is 38.5 Å². The van der Waals surface area contributed by atoms with E-state index >= 15 is 0 Å². The Morgan fingerprint density at radius 3 is 3.04 bits per heavy atom. The zero-order valence-electron chi connectivity index (χ0n) is 14.6. The lowest BCUT2D eigenvalue weighted by atomic mass is 10.1. The van der Waals surface area contributed by atoms with Crippen LogP contribution >= 0.6 is 0 Å². The van der Waals surface area contributed by atoms with Crippen molar-refractivity contribution >= 4 is 0 Å². The summed E-state index contributed by atoms with van der Waals surface area (Å²) in [6, 6.07) is 2.06. The van der Waals surface area contributed by atoms with Crippen LogP contribution < -0.4 is 4.74 Å². The number of ether oxygens (including phenoxy) is 1. The van der Waals surface area contributed by atoms with Gasteiger partial charge in [0.2, 0.25) is 17.6 Å². The Hall–Kier alpha value is -2.61. The second kappa shape index (κ2) is 6.36. The van der Waals surface area contributed by atoms with Crippen LogP contribution in [0.15, 0.2) is 27.5 Å². The number of methoxy groups -OCH3 is 1. The average molecular weight is 343 g/mol. The van der Waals surface area contributed by atoms with Gasteiger partial charge >= 0.3 is 0 Å². The molecule has 1 fully saturated rings. The van der Waals surface area contributed by atoms with Gasteiger partial charge in [-0.25, -0.2) is 4.68 Å². The maximum atomic E-state index is 5.57. The van der Waals surface area contributed by atoms with Gasteiger partial charge in [-0.1, -0.05) is 5.16 Å². The van der Waals surface area contributed by atoms with Crippen LogP contribution in [-0.2, 0) is 13.6 Å². The first-order valence-corrected chi connectivity index (χ1v) is 8.34. The Balaban J connectivity index is 1.57. The number of hydrogen-bond donors (Lipinski definition) is 0. The Labute approximate surface area is 145 Å². The normalized spacial score (nSPS) is 18.1. The molecule has 4 heterocycles. The minimum absolute atomic E-state index is 0.243. The molecule has 1 aliphatic rings. The van der Waals surface area contributed by atoms with Crippen molar-refractivity contribution in [2.24, 2.45) is 7.05 Å². The summed E-state index contributed by atoms with van der Waals surface area (Å²) < 4.78 is 17.9. The van der Waals surface area contributed by atoms with Gasteiger partial charge in [0.25, 0.3) is 0 Å². The fourth-order valence-corrected chi connectivity index (χ4v) is 3.62. The first-order valence-electron chi connectivity index (χ1n) is 8.34. The fraction of sp³-hybridized carbons (Fsp3) is 0.471. The molecule has 25 heavy (non-hydrogen) atoms. The van der Waals surface area contributed by atoms with Gasteiger partial charge in [-0.05, 0) is 32.4 Å². The van der Waals surface area contributed by atoms with Crippen LogP contribution in [0.4, 0.5) is 0 Å². The van der Waals surface area contributed by atoms with Gasteiger partial charge in [0.05, 0.1) is 36.7 Å². The van der Waals surface area contributed by atoms with Crippen molar-refractivity contribution in [2.75, 3.05) is 13.7 Å². The molecular formula is C17H21N5O3. The van der Waals surface area contributed by atoms with E-state index < -0.39 is 0 Å². The van der Waals surface area contributed by atoms with Gasteiger partial charge in [0.1, 0.15) is 6.26 Å². The predicted octanol–water partition coefficient (Wildman–Crippen LogP) is 2.72. The molecule has 3 aromatic rings. The Morgan fingerprint density at radius 1 is 1.40 bits per heavy atom. The first kappa shape index (κ1) is 15.9. The molecule has 0 spiro atoms. The lowest BCUT2D eigenvalue weighted by Gasteiger charge is -2.23. The number of hydrogen-bond acceptors (Lipinski definition) is 7. The van der Waals surface area contributed by atoms with Gasteiger partial charge in [0, 0.05) is 13.1 Å². The highest BCUT2D eigenvalue weighted by atomic mass is 16.5. The van der Waals surface area contributed by atoms with Crippen molar-refractivity contribution < 1.29 is 13.7 Å². The second-order valence-electron chi connectivity index (χ2n) is 6.28. The molecule has 0 aliphatic carbocycles. The minimum atomic E-state index is 0.243. The smallest absolute Gasteiger partial charge is 0.241 e. The number of rotatable bonds is 5. The van der Waals surface area contributed by atoms with Crippen LogP contribution in [0.5, 0.6) is 5.88 Å². The summed E-state index contributed by atoms with van der Waals surface area (Å²) in [6.45, 7) is 3.61. The van der Waals surface area contributed by atoms with Crippen LogP contribution in [0.3, 0.4) is 0 Å². The van der Waals surface area contributed by atoms with E-state index in [2.05, 4.69) is 20.1 Å². The average Bonchev–Trinajstić information content (AvgIpc) is 3.35. The zero-order chi connectivity index (χ0) is 17.4. The van der Waals surface area contributed by atoms with Crippen LogP contribution in [0.25, 0.3) is 11.4 Å². The third-order valence-electron chi connectivity index (χ3n) is 4.69.